The minimum Gasteiger partial charge on any atom is -0.377 e. The molecule has 1 unspecified atom stereocenters. The molecule has 0 spiro atoms. The van der Waals surface area contributed by atoms with Gasteiger partial charge in [-0.3, -0.25) is 0 Å². The molecule has 0 radical (unpaired) electrons. The highest BCUT2D eigenvalue weighted by atomic mass is 16.5. The van der Waals surface area contributed by atoms with E-state index in [9.17, 15) is 0 Å². The first-order valence-corrected chi connectivity index (χ1v) is 6.51. The van der Waals surface area contributed by atoms with Gasteiger partial charge in [0, 0.05) is 31.4 Å². The van der Waals surface area contributed by atoms with Gasteiger partial charge in [0.05, 0.1) is 12.7 Å². The average Bonchev–Trinajstić information content (AvgIpc) is 2.37. The van der Waals surface area contributed by atoms with Gasteiger partial charge in [-0.15, -0.1) is 0 Å². The number of hydrogen-bond donors (Lipinski definition) is 1. The van der Waals surface area contributed by atoms with E-state index in [0.717, 1.165) is 19.0 Å². The molecule has 18 heavy (non-hydrogen) atoms. The van der Waals surface area contributed by atoms with Gasteiger partial charge in [-0.25, -0.2) is 4.98 Å². The summed E-state index contributed by atoms with van der Waals surface area (Å²) < 4.78 is 5.58. The van der Waals surface area contributed by atoms with E-state index in [4.69, 9.17) is 4.74 Å². The number of rotatable bonds is 7. The summed E-state index contributed by atoms with van der Waals surface area (Å²) in [6.45, 7) is 7.81. The molecule has 0 saturated carbocycles. The lowest BCUT2D eigenvalue weighted by atomic mass is 10.1. The van der Waals surface area contributed by atoms with Crippen LogP contribution in [-0.2, 0) is 4.74 Å². The minimum atomic E-state index is 0.276. The smallest absolute Gasteiger partial charge is 0.133 e. The monoisotopic (exact) mass is 251 g/mol. The second-order valence-electron chi connectivity index (χ2n) is 4.77. The summed E-state index contributed by atoms with van der Waals surface area (Å²) >= 11 is 0. The lowest BCUT2D eigenvalue weighted by Gasteiger charge is -2.24. The van der Waals surface area contributed by atoms with E-state index in [-0.39, 0.29) is 6.10 Å². The van der Waals surface area contributed by atoms with Gasteiger partial charge < -0.3 is 15.0 Å². The second-order valence-corrected chi connectivity index (χ2v) is 4.77. The molecule has 4 nitrogen and oxygen atoms in total. The van der Waals surface area contributed by atoms with Crippen molar-refractivity contribution >= 4 is 5.82 Å². The molecule has 0 aliphatic heterocycles. The molecule has 0 saturated heterocycles. The molecule has 1 aromatic heterocycles. The first-order valence-electron chi connectivity index (χ1n) is 6.51. The largest absolute Gasteiger partial charge is 0.377 e. The van der Waals surface area contributed by atoms with Gasteiger partial charge in [-0.05, 0) is 33.9 Å². The summed E-state index contributed by atoms with van der Waals surface area (Å²) in [4.78, 5) is 6.62. The molecule has 1 heterocycles. The van der Waals surface area contributed by atoms with E-state index in [2.05, 4.69) is 49.1 Å². The summed E-state index contributed by atoms with van der Waals surface area (Å²) in [6, 6.07) is 4.39. The van der Waals surface area contributed by atoms with Crippen molar-refractivity contribution in [1.29, 1.82) is 0 Å². The first-order chi connectivity index (χ1) is 8.56. The Bertz CT molecular complexity index is 355. The zero-order valence-corrected chi connectivity index (χ0v) is 12.1. The van der Waals surface area contributed by atoms with Crippen molar-refractivity contribution in [1.82, 2.24) is 10.3 Å². The maximum atomic E-state index is 5.58. The van der Waals surface area contributed by atoms with Gasteiger partial charge in [0.2, 0.25) is 0 Å². The van der Waals surface area contributed by atoms with E-state index in [1.54, 1.807) is 0 Å². The predicted octanol–water partition coefficient (Wildman–Crippen LogP) is 2.22. The Labute approximate surface area is 110 Å². The normalized spacial score (nSPS) is 12.8. The van der Waals surface area contributed by atoms with Crippen LogP contribution < -0.4 is 10.2 Å². The van der Waals surface area contributed by atoms with Gasteiger partial charge in [0.25, 0.3) is 0 Å². The van der Waals surface area contributed by atoms with E-state index in [1.807, 2.05) is 19.3 Å². The van der Waals surface area contributed by atoms with Crippen molar-refractivity contribution < 1.29 is 4.74 Å². The van der Waals surface area contributed by atoms with Crippen LogP contribution >= 0.6 is 0 Å². The molecule has 102 valence electrons. The predicted molar refractivity (Wildman–Crippen MR) is 76.1 cm³/mol. The lowest BCUT2D eigenvalue weighted by Crippen LogP contribution is -2.27. The third kappa shape index (κ3) is 4.27. The zero-order valence-electron chi connectivity index (χ0n) is 12.1. The molecule has 0 bridgehead atoms. The molecule has 1 atom stereocenters. The number of pyridine rings is 1. The van der Waals surface area contributed by atoms with Crippen LogP contribution in [0.25, 0.3) is 0 Å². The Morgan fingerprint density at radius 3 is 2.72 bits per heavy atom. The molecular formula is C14H25N3O. The number of anilines is 1. The van der Waals surface area contributed by atoms with Crippen molar-refractivity contribution in [3.63, 3.8) is 0 Å². The van der Waals surface area contributed by atoms with Crippen LogP contribution in [0, 0.1) is 0 Å². The van der Waals surface area contributed by atoms with Crippen LogP contribution in [-0.4, -0.2) is 38.3 Å². The van der Waals surface area contributed by atoms with Crippen molar-refractivity contribution in [2.24, 2.45) is 0 Å². The van der Waals surface area contributed by atoms with Crippen molar-refractivity contribution in [3.05, 3.63) is 23.9 Å². The van der Waals surface area contributed by atoms with Crippen LogP contribution in [0.2, 0.25) is 0 Å². The maximum absolute atomic E-state index is 5.58. The number of likely N-dealkylation sites (N-methyl/N-ethyl adjacent to an activating group) is 1. The van der Waals surface area contributed by atoms with E-state index >= 15 is 0 Å². The number of hydrogen-bond acceptors (Lipinski definition) is 4. The van der Waals surface area contributed by atoms with Crippen LogP contribution in [0.15, 0.2) is 18.3 Å². The highest BCUT2D eigenvalue weighted by Gasteiger charge is 2.13. The van der Waals surface area contributed by atoms with Crippen molar-refractivity contribution in [3.8, 4) is 0 Å². The third-order valence-electron chi connectivity index (χ3n) is 2.96. The molecule has 0 aromatic carbocycles. The van der Waals surface area contributed by atoms with Gasteiger partial charge in [0.15, 0.2) is 0 Å². The quantitative estimate of drug-likeness (QED) is 0.806. The fourth-order valence-corrected chi connectivity index (χ4v) is 1.75. The van der Waals surface area contributed by atoms with Crippen LogP contribution in [0.5, 0.6) is 0 Å². The minimum absolute atomic E-state index is 0.276. The van der Waals surface area contributed by atoms with E-state index in [1.165, 1.54) is 5.56 Å². The Balaban J connectivity index is 2.69. The summed E-state index contributed by atoms with van der Waals surface area (Å²) in [5, 5.41) is 3.25. The molecule has 1 rings (SSSR count). The highest BCUT2D eigenvalue weighted by molar-refractivity contribution is 5.47. The maximum Gasteiger partial charge on any atom is 0.133 e. The van der Waals surface area contributed by atoms with Gasteiger partial charge in [-0.2, -0.15) is 0 Å². The summed E-state index contributed by atoms with van der Waals surface area (Å²) in [7, 11) is 4.02. The zero-order chi connectivity index (χ0) is 13.5. The summed E-state index contributed by atoms with van der Waals surface area (Å²) in [6.07, 6.45) is 2.11. The van der Waals surface area contributed by atoms with Crippen LogP contribution in [0.3, 0.4) is 0 Å². The third-order valence-corrected chi connectivity index (χ3v) is 2.96. The SMILES string of the molecule is CNC(C)c1cccnc1N(C)CCOC(C)C. The molecule has 1 aromatic rings. The van der Waals surface area contributed by atoms with E-state index in [0.29, 0.717) is 6.04 Å². The van der Waals surface area contributed by atoms with Crippen molar-refractivity contribution in [2.75, 3.05) is 32.1 Å². The van der Waals surface area contributed by atoms with Gasteiger partial charge >= 0.3 is 0 Å². The molecule has 0 aliphatic carbocycles. The molecule has 4 heteroatoms. The molecular weight excluding hydrogens is 226 g/mol. The van der Waals surface area contributed by atoms with Gasteiger partial charge in [-0.1, -0.05) is 6.07 Å². The summed E-state index contributed by atoms with van der Waals surface area (Å²) in [5.41, 5.74) is 1.21. The Kier molecular flexibility index (Phi) is 6.09. The number of ether oxygens (including phenoxy) is 1. The average molecular weight is 251 g/mol. The summed E-state index contributed by atoms with van der Waals surface area (Å²) in [5.74, 6) is 1.02. The fourth-order valence-electron chi connectivity index (χ4n) is 1.75. The highest BCUT2D eigenvalue weighted by Crippen LogP contribution is 2.22. The van der Waals surface area contributed by atoms with Crippen LogP contribution in [0.1, 0.15) is 32.4 Å². The molecule has 0 aliphatic rings. The topological polar surface area (TPSA) is 37.4 Å². The fraction of sp³-hybridized carbons (Fsp3) is 0.643. The molecule has 0 amide bonds. The van der Waals surface area contributed by atoms with Crippen molar-refractivity contribution in [2.45, 2.75) is 32.9 Å². The number of nitrogens with zero attached hydrogens (tertiary/aromatic N) is 2. The lowest BCUT2D eigenvalue weighted by molar-refractivity contribution is 0.0845. The van der Waals surface area contributed by atoms with E-state index < -0.39 is 0 Å². The first kappa shape index (κ1) is 14.9. The Morgan fingerprint density at radius 1 is 1.39 bits per heavy atom. The Hall–Kier alpha value is -1.13. The number of aromatic nitrogens is 1. The second kappa shape index (κ2) is 7.34. The molecule has 0 fully saturated rings. The standard InChI is InChI=1S/C14H25N3O/c1-11(2)18-10-9-17(5)14-13(12(3)15-4)7-6-8-16-14/h6-8,11-12,15H,9-10H2,1-5H3. The Morgan fingerprint density at radius 2 is 2.11 bits per heavy atom. The van der Waals surface area contributed by atoms with Gasteiger partial charge in [0.1, 0.15) is 5.82 Å². The van der Waals surface area contributed by atoms with Crippen LogP contribution in [0.4, 0.5) is 5.82 Å². The molecule has 1 N–H and O–H groups in total. The number of nitrogens with one attached hydrogen (secondary N) is 1.